The summed E-state index contributed by atoms with van der Waals surface area (Å²) in [5.74, 6) is -0.688. The molecule has 0 aromatic rings. The number of amides is 1. The molecule has 11 heteroatoms. The van der Waals surface area contributed by atoms with Crippen molar-refractivity contribution in [3.05, 3.63) is 12.2 Å². The minimum absolute atomic E-state index is 0.265. The molecular formula is C75H147NO10. The molecule has 0 bridgehead atoms. The lowest BCUT2D eigenvalue weighted by Crippen LogP contribution is -2.60. The van der Waals surface area contributed by atoms with Crippen LogP contribution in [-0.4, -0.2) is 110 Å². The molecule has 11 nitrogen and oxygen atoms in total. The number of unbranched alkanes of at least 4 members (excludes halogenated alkanes) is 54. The maximum atomic E-state index is 13.3. The summed E-state index contributed by atoms with van der Waals surface area (Å²) in [5, 5.41) is 76.6. The van der Waals surface area contributed by atoms with Gasteiger partial charge in [0.15, 0.2) is 6.29 Å². The Kier molecular flexibility index (Phi) is 61.6. The summed E-state index contributed by atoms with van der Waals surface area (Å²) in [6, 6.07) is -1.17. The van der Waals surface area contributed by atoms with E-state index in [1.165, 1.54) is 315 Å². The van der Waals surface area contributed by atoms with Gasteiger partial charge in [0.2, 0.25) is 5.91 Å². The van der Waals surface area contributed by atoms with Gasteiger partial charge in [-0.1, -0.05) is 366 Å². The van der Waals surface area contributed by atoms with Gasteiger partial charge in [0.1, 0.15) is 36.6 Å². The fourth-order valence-electron chi connectivity index (χ4n) is 12.7. The summed E-state index contributed by atoms with van der Waals surface area (Å²) in [7, 11) is 0. The van der Waals surface area contributed by atoms with Gasteiger partial charge in [-0.2, -0.15) is 0 Å². The third kappa shape index (κ3) is 50.5. The number of aliphatic hydroxyl groups is 7. The van der Waals surface area contributed by atoms with Gasteiger partial charge in [0, 0.05) is 0 Å². The van der Waals surface area contributed by atoms with Gasteiger partial charge < -0.3 is 50.5 Å². The number of nitrogens with one attached hydrogen (secondary N) is 1. The second kappa shape index (κ2) is 64.0. The van der Waals surface area contributed by atoms with E-state index in [2.05, 4.69) is 31.3 Å². The van der Waals surface area contributed by atoms with E-state index in [0.29, 0.717) is 19.3 Å². The first-order chi connectivity index (χ1) is 42.2. The van der Waals surface area contributed by atoms with Crippen LogP contribution in [0.2, 0.25) is 0 Å². The van der Waals surface area contributed by atoms with E-state index in [-0.39, 0.29) is 6.42 Å². The van der Waals surface area contributed by atoms with Gasteiger partial charge in [0.25, 0.3) is 0 Å². The van der Waals surface area contributed by atoms with Crippen LogP contribution in [0.3, 0.4) is 0 Å². The molecule has 1 saturated heterocycles. The van der Waals surface area contributed by atoms with E-state index >= 15 is 0 Å². The highest BCUT2D eigenvalue weighted by Crippen LogP contribution is 2.24. The number of allylic oxidation sites excluding steroid dienone is 2. The first-order valence-corrected chi connectivity index (χ1v) is 38.1. The molecular weight excluding hydrogens is 1070 g/mol. The molecule has 9 unspecified atom stereocenters. The molecule has 9 atom stereocenters. The van der Waals surface area contributed by atoms with Crippen LogP contribution < -0.4 is 5.32 Å². The van der Waals surface area contributed by atoms with Gasteiger partial charge in [-0.25, -0.2) is 0 Å². The number of carbonyl (C=O) groups excluding carboxylic acids is 1. The van der Waals surface area contributed by atoms with Crippen molar-refractivity contribution in [2.24, 2.45) is 0 Å². The van der Waals surface area contributed by atoms with Crippen LogP contribution in [0.1, 0.15) is 393 Å². The van der Waals surface area contributed by atoms with Gasteiger partial charge in [0.05, 0.1) is 25.4 Å². The van der Waals surface area contributed by atoms with Crippen LogP contribution in [0, 0.1) is 0 Å². The highest BCUT2D eigenvalue weighted by atomic mass is 16.7. The van der Waals surface area contributed by atoms with Crippen molar-refractivity contribution in [3.8, 4) is 0 Å². The van der Waals surface area contributed by atoms with E-state index in [1.54, 1.807) is 0 Å². The summed E-state index contributed by atoms with van der Waals surface area (Å²) in [5.41, 5.74) is 0. The minimum Gasteiger partial charge on any atom is -0.394 e. The van der Waals surface area contributed by atoms with E-state index < -0.39 is 74.2 Å². The maximum absolute atomic E-state index is 13.3. The first kappa shape index (κ1) is 82.9. The summed E-state index contributed by atoms with van der Waals surface area (Å²) in [6.45, 7) is 3.53. The van der Waals surface area contributed by atoms with Crippen molar-refractivity contribution >= 4 is 5.91 Å². The molecule has 1 rings (SSSR count). The molecule has 0 aromatic carbocycles. The Morgan fingerprint density at radius 2 is 0.674 bits per heavy atom. The van der Waals surface area contributed by atoms with Crippen LogP contribution in [0.4, 0.5) is 0 Å². The molecule has 1 heterocycles. The Balaban J connectivity index is 2.11. The lowest BCUT2D eigenvalue weighted by Gasteiger charge is -2.40. The normalized spacial score (nSPS) is 18.7. The molecule has 0 spiro atoms. The zero-order valence-corrected chi connectivity index (χ0v) is 56.8. The van der Waals surface area contributed by atoms with E-state index in [9.17, 15) is 40.5 Å². The summed E-state index contributed by atoms with van der Waals surface area (Å²) >= 11 is 0. The smallest absolute Gasteiger partial charge is 0.249 e. The molecule has 1 aliphatic heterocycles. The molecule has 0 saturated carbocycles. The van der Waals surface area contributed by atoms with Crippen LogP contribution >= 0.6 is 0 Å². The number of rotatable bonds is 68. The van der Waals surface area contributed by atoms with Crippen molar-refractivity contribution in [1.82, 2.24) is 5.32 Å². The van der Waals surface area contributed by atoms with Crippen molar-refractivity contribution in [1.29, 1.82) is 0 Å². The summed E-state index contributed by atoms with van der Waals surface area (Å²) in [4.78, 5) is 13.3. The molecule has 0 radical (unpaired) electrons. The fraction of sp³-hybridized carbons (Fsp3) is 0.960. The third-order valence-electron chi connectivity index (χ3n) is 18.8. The predicted octanol–water partition coefficient (Wildman–Crippen LogP) is 19.0. The number of ether oxygens (including phenoxy) is 2. The molecule has 1 amide bonds. The van der Waals surface area contributed by atoms with E-state index in [1.807, 2.05) is 0 Å². The van der Waals surface area contributed by atoms with Crippen LogP contribution in [-0.2, 0) is 14.3 Å². The number of hydrogen-bond donors (Lipinski definition) is 8. The SMILES string of the molecule is CCCCCCCCCCCCCCCCCCCC/C=C\CCCCCCCCCCCCCCCCCCC(O)C(=O)NC(COC1OC(CO)C(O)C(O)C1O)C(O)C(O)CCCCCCCCCCCCCCCCCCCCCCC. The van der Waals surface area contributed by atoms with Crippen LogP contribution in [0.15, 0.2) is 12.2 Å². The Bertz CT molecular complexity index is 1400. The topological polar surface area (TPSA) is 189 Å². The Hall–Kier alpha value is -1.15. The lowest BCUT2D eigenvalue weighted by atomic mass is 9.98. The number of hydrogen-bond acceptors (Lipinski definition) is 10. The second-order valence-electron chi connectivity index (χ2n) is 27.1. The standard InChI is InChI=1S/C75H147NO10/c1-3-5-7-9-11-13-15-17-19-21-23-25-26-27-28-29-30-31-32-33-34-35-36-37-38-39-40-41-43-45-47-49-51-53-55-57-59-61-63-68(79)74(84)76-66(65-85-75-73(83)72(82)71(81)69(64-77)86-75)70(80)67(78)62-60-58-56-54-52-50-48-46-44-42-24-22-20-18-16-14-12-10-8-6-4-2/h33-34,66-73,75,77-83H,3-32,35-65H2,1-2H3,(H,76,84)/b34-33-. The third-order valence-corrected chi connectivity index (χ3v) is 18.8. The molecule has 0 aliphatic carbocycles. The van der Waals surface area contributed by atoms with Gasteiger partial charge in [-0.3, -0.25) is 4.79 Å². The highest BCUT2D eigenvalue weighted by molar-refractivity contribution is 5.80. The maximum Gasteiger partial charge on any atom is 0.249 e. The Labute approximate surface area is 532 Å². The van der Waals surface area contributed by atoms with Gasteiger partial charge in [-0.05, 0) is 38.5 Å². The zero-order valence-electron chi connectivity index (χ0n) is 56.8. The van der Waals surface area contributed by atoms with E-state index in [4.69, 9.17) is 9.47 Å². The quantitative estimate of drug-likeness (QED) is 0.0215. The Morgan fingerprint density at radius 1 is 0.395 bits per heavy atom. The molecule has 1 fully saturated rings. The van der Waals surface area contributed by atoms with Crippen LogP contribution in [0.25, 0.3) is 0 Å². The number of carbonyl (C=O) groups is 1. The first-order valence-electron chi connectivity index (χ1n) is 38.1. The second-order valence-corrected chi connectivity index (χ2v) is 27.1. The average Bonchev–Trinajstić information content (AvgIpc) is 2.54. The number of aliphatic hydroxyl groups excluding tert-OH is 7. The minimum atomic E-state index is -1.66. The molecule has 0 aromatic heterocycles. The van der Waals surface area contributed by atoms with Crippen molar-refractivity contribution in [3.63, 3.8) is 0 Å². The summed E-state index contributed by atoms with van der Waals surface area (Å²) in [6.07, 6.45) is 68.9. The largest absolute Gasteiger partial charge is 0.394 e. The molecule has 8 N–H and O–H groups in total. The molecule has 1 aliphatic rings. The zero-order chi connectivity index (χ0) is 62.4. The monoisotopic (exact) mass is 1220 g/mol. The van der Waals surface area contributed by atoms with E-state index in [0.717, 1.165) is 38.5 Å². The van der Waals surface area contributed by atoms with Crippen molar-refractivity contribution in [2.75, 3.05) is 13.2 Å². The Morgan fingerprint density at radius 3 is 0.977 bits per heavy atom. The predicted molar refractivity (Wildman–Crippen MR) is 363 cm³/mol. The fourth-order valence-corrected chi connectivity index (χ4v) is 12.7. The van der Waals surface area contributed by atoms with Gasteiger partial charge in [-0.15, -0.1) is 0 Å². The van der Waals surface area contributed by atoms with Crippen LogP contribution in [0.5, 0.6) is 0 Å². The van der Waals surface area contributed by atoms with Crippen molar-refractivity contribution in [2.45, 2.75) is 448 Å². The van der Waals surface area contributed by atoms with Crippen molar-refractivity contribution < 1.29 is 50.0 Å². The van der Waals surface area contributed by atoms with Gasteiger partial charge >= 0.3 is 0 Å². The molecule has 512 valence electrons. The average molecular weight is 1220 g/mol. The summed E-state index contributed by atoms with van der Waals surface area (Å²) < 4.78 is 11.2. The highest BCUT2D eigenvalue weighted by Gasteiger charge is 2.44. The lowest BCUT2D eigenvalue weighted by molar-refractivity contribution is -0.303. The molecule has 86 heavy (non-hydrogen) atoms.